The van der Waals surface area contributed by atoms with Crippen molar-refractivity contribution in [3.8, 4) is 5.75 Å². The van der Waals surface area contributed by atoms with E-state index in [1.807, 2.05) is 24.3 Å². The van der Waals surface area contributed by atoms with Crippen molar-refractivity contribution in [2.75, 3.05) is 24.7 Å². The number of sulfone groups is 1. The van der Waals surface area contributed by atoms with Crippen LogP contribution in [0.1, 0.15) is 19.4 Å². The van der Waals surface area contributed by atoms with Gasteiger partial charge in [-0.2, -0.15) is 0 Å². The van der Waals surface area contributed by atoms with Crippen LogP contribution >= 0.6 is 0 Å². The van der Waals surface area contributed by atoms with Crippen LogP contribution in [0, 0.1) is 0 Å². The van der Waals surface area contributed by atoms with E-state index in [1.54, 1.807) is 6.92 Å². The second-order valence-electron chi connectivity index (χ2n) is 4.01. The summed E-state index contributed by atoms with van der Waals surface area (Å²) in [4.78, 5) is 0. The Labute approximate surface area is 109 Å². The van der Waals surface area contributed by atoms with Gasteiger partial charge in [-0.1, -0.05) is 26.0 Å². The van der Waals surface area contributed by atoms with Crippen LogP contribution in [0.5, 0.6) is 5.75 Å². The molecule has 1 aromatic rings. The highest BCUT2D eigenvalue weighted by Crippen LogP contribution is 2.12. The topological polar surface area (TPSA) is 55.4 Å². The summed E-state index contributed by atoms with van der Waals surface area (Å²) in [6, 6.07) is 7.69. The van der Waals surface area contributed by atoms with E-state index in [4.69, 9.17) is 4.74 Å². The lowest BCUT2D eigenvalue weighted by molar-refractivity contribution is 0.341. The normalized spacial score (nSPS) is 11.4. The van der Waals surface area contributed by atoms with Gasteiger partial charge in [0.25, 0.3) is 0 Å². The highest BCUT2D eigenvalue weighted by molar-refractivity contribution is 7.91. The van der Waals surface area contributed by atoms with Gasteiger partial charge < -0.3 is 10.1 Å². The van der Waals surface area contributed by atoms with Crippen LogP contribution in [0.4, 0.5) is 0 Å². The maximum atomic E-state index is 11.3. The molecule has 4 nitrogen and oxygen atoms in total. The maximum absolute atomic E-state index is 11.3. The molecule has 0 aliphatic heterocycles. The van der Waals surface area contributed by atoms with Gasteiger partial charge in [0.1, 0.15) is 12.4 Å². The summed E-state index contributed by atoms with van der Waals surface area (Å²) >= 11 is 0. The summed E-state index contributed by atoms with van der Waals surface area (Å²) in [5.74, 6) is 0.947. The van der Waals surface area contributed by atoms with Crippen LogP contribution in [0.25, 0.3) is 0 Å². The van der Waals surface area contributed by atoms with Gasteiger partial charge in [0.2, 0.25) is 0 Å². The Kier molecular flexibility index (Phi) is 6.15. The Bertz CT molecular complexity index is 440. The van der Waals surface area contributed by atoms with Crippen LogP contribution in [0.3, 0.4) is 0 Å². The Balaban J connectivity index is 2.39. The minimum atomic E-state index is -2.94. The average molecular weight is 271 g/mol. The van der Waals surface area contributed by atoms with Crippen LogP contribution in [0.15, 0.2) is 24.3 Å². The van der Waals surface area contributed by atoms with E-state index < -0.39 is 9.84 Å². The number of ether oxygens (including phenoxy) is 1. The van der Waals surface area contributed by atoms with E-state index in [1.165, 1.54) is 5.56 Å². The zero-order valence-corrected chi connectivity index (χ0v) is 11.8. The van der Waals surface area contributed by atoms with Crippen molar-refractivity contribution in [3.05, 3.63) is 29.8 Å². The Morgan fingerprint density at radius 3 is 2.39 bits per heavy atom. The number of benzene rings is 1. The van der Waals surface area contributed by atoms with E-state index in [0.717, 1.165) is 13.1 Å². The molecule has 0 heterocycles. The second-order valence-corrected chi connectivity index (χ2v) is 6.48. The monoisotopic (exact) mass is 271 g/mol. The molecule has 0 aliphatic rings. The largest absolute Gasteiger partial charge is 0.493 e. The highest BCUT2D eigenvalue weighted by atomic mass is 32.2. The molecule has 0 bridgehead atoms. The van der Waals surface area contributed by atoms with Gasteiger partial charge in [-0.15, -0.1) is 0 Å². The SMILES string of the molecule is CCNCc1ccc(OCCS(=O)(=O)CC)cc1. The molecule has 0 aromatic heterocycles. The highest BCUT2D eigenvalue weighted by Gasteiger charge is 2.07. The number of hydrogen-bond donors (Lipinski definition) is 1. The summed E-state index contributed by atoms with van der Waals surface area (Å²) in [7, 11) is -2.94. The van der Waals surface area contributed by atoms with Gasteiger partial charge in [-0.05, 0) is 24.2 Å². The van der Waals surface area contributed by atoms with Gasteiger partial charge in [0.05, 0.1) is 5.75 Å². The summed E-state index contributed by atoms with van der Waals surface area (Å²) in [6.07, 6.45) is 0. The molecular weight excluding hydrogens is 250 g/mol. The predicted molar refractivity (Wildman–Crippen MR) is 73.6 cm³/mol. The van der Waals surface area contributed by atoms with Crippen molar-refractivity contribution in [2.24, 2.45) is 0 Å². The van der Waals surface area contributed by atoms with Gasteiger partial charge in [0, 0.05) is 12.3 Å². The molecule has 18 heavy (non-hydrogen) atoms. The summed E-state index contributed by atoms with van der Waals surface area (Å²) < 4.78 is 28.0. The number of rotatable bonds is 8. The molecule has 1 rings (SSSR count). The molecule has 1 N–H and O–H groups in total. The minimum absolute atomic E-state index is 0.0721. The van der Waals surface area contributed by atoms with Gasteiger partial charge in [-0.3, -0.25) is 0 Å². The zero-order chi connectivity index (χ0) is 13.4. The molecule has 0 aliphatic carbocycles. The lowest BCUT2D eigenvalue weighted by Gasteiger charge is -2.07. The fourth-order valence-electron chi connectivity index (χ4n) is 1.40. The number of hydrogen-bond acceptors (Lipinski definition) is 4. The summed E-state index contributed by atoms with van der Waals surface area (Å²) in [5, 5.41) is 3.23. The predicted octanol–water partition coefficient (Wildman–Crippen LogP) is 1.61. The van der Waals surface area contributed by atoms with Crippen molar-refractivity contribution in [2.45, 2.75) is 20.4 Å². The molecule has 0 amide bonds. The molecule has 1 aromatic carbocycles. The molecule has 0 saturated carbocycles. The summed E-state index contributed by atoms with van der Waals surface area (Å²) in [6.45, 7) is 5.69. The number of nitrogens with one attached hydrogen (secondary N) is 1. The Hall–Kier alpha value is -1.07. The van der Waals surface area contributed by atoms with Gasteiger partial charge in [0.15, 0.2) is 9.84 Å². The third-order valence-corrected chi connectivity index (χ3v) is 4.27. The quantitative estimate of drug-likeness (QED) is 0.780. The Morgan fingerprint density at radius 1 is 1.17 bits per heavy atom. The van der Waals surface area contributed by atoms with Gasteiger partial charge >= 0.3 is 0 Å². The van der Waals surface area contributed by atoms with Crippen LogP contribution in [-0.2, 0) is 16.4 Å². The maximum Gasteiger partial charge on any atom is 0.153 e. The first-order chi connectivity index (χ1) is 8.57. The molecule has 0 fully saturated rings. The van der Waals surface area contributed by atoms with Crippen molar-refractivity contribution in [1.82, 2.24) is 5.32 Å². The average Bonchev–Trinajstić information content (AvgIpc) is 2.38. The smallest absolute Gasteiger partial charge is 0.153 e. The zero-order valence-electron chi connectivity index (χ0n) is 11.0. The second kappa shape index (κ2) is 7.38. The van der Waals surface area contributed by atoms with Crippen LogP contribution < -0.4 is 10.1 Å². The lowest BCUT2D eigenvalue weighted by Crippen LogP contribution is -2.15. The van der Waals surface area contributed by atoms with Crippen molar-refractivity contribution < 1.29 is 13.2 Å². The van der Waals surface area contributed by atoms with E-state index in [2.05, 4.69) is 12.2 Å². The minimum Gasteiger partial charge on any atom is -0.493 e. The molecule has 0 atom stereocenters. The molecule has 0 saturated heterocycles. The van der Waals surface area contributed by atoms with Gasteiger partial charge in [-0.25, -0.2) is 8.42 Å². The van der Waals surface area contributed by atoms with Crippen molar-refractivity contribution >= 4 is 9.84 Å². The van der Waals surface area contributed by atoms with E-state index in [-0.39, 0.29) is 18.1 Å². The standard InChI is InChI=1S/C13H21NO3S/c1-3-14-11-12-5-7-13(8-6-12)17-9-10-18(15,16)4-2/h5-8,14H,3-4,9-11H2,1-2H3. The molecule has 0 unspecified atom stereocenters. The van der Waals surface area contributed by atoms with Crippen LogP contribution in [-0.4, -0.2) is 33.1 Å². The molecule has 0 radical (unpaired) electrons. The third-order valence-electron chi connectivity index (χ3n) is 2.61. The molecule has 0 spiro atoms. The van der Waals surface area contributed by atoms with E-state index in [0.29, 0.717) is 5.75 Å². The Morgan fingerprint density at radius 2 is 1.83 bits per heavy atom. The first-order valence-electron chi connectivity index (χ1n) is 6.20. The molecular formula is C13H21NO3S. The molecule has 102 valence electrons. The fourth-order valence-corrected chi connectivity index (χ4v) is 2.03. The van der Waals surface area contributed by atoms with Crippen molar-refractivity contribution in [3.63, 3.8) is 0 Å². The summed E-state index contributed by atoms with van der Waals surface area (Å²) in [5.41, 5.74) is 1.19. The van der Waals surface area contributed by atoms with E-state index in [9.17, 15) is 8.42 Å². The van der Waals surface area contributed by atoms with Crippen molar-refractivity contribution in [1.29, 1.82) is 0 Å². The third kappa shape index (κ3) is 5.51. The first kappa shape index (κ1) is 15.0. The first-order valence-corrected chi connectivity index (χ1v) is 8.02. The lowest BCUT2D eigenvalue weighted by atomic mass is 10.2. The molecule has 5 heteroatoms. The van der Waals surface area contributed by atoms with E-state index >= 15 is 0 Å². The fraction of sp³-hybridized carbons (Fsp3) is 0.538. The van der Waals surface area contributed by atoms with Crippen LogP contribution in [0.2, 0.25) is 0 Å².